The molecule has 52 heavy (non-hydrogen) atoms. The molecule has 0 spiro atoms. The molecule has 4 aromatic carbocycles. The molecular formula is C48H36S4. The highest BCUT2D eigenvalue weighted by molar-refractivity contribution is 7.11. The van der Waals surface area contributed by atoms with Crippen LogP contribution >= 0.6 is 45.3 Å². The van der Waals surface area contributed by atoms with Crippen LogP contribution in [-0.2, 0) is 0 Å². The smallest absolute Gasteiger partial charge is 0.0276 e. The van der Waals surface area contributed by atoms with Gasteiger partial charge in [0.05, 0.1) is 0 Å². The molecule has 0 aliphatic carbocycles. The Hall–Kier alpha value is -5.36. The third kappa shape index (κ3) is 9.49. The first-order chi connectivity index (χ1) is 25.8. The monoisotopic (exact) mass is 740 g/mol. The van der Waals surface area contributed by atoms with Gasteiger partial charge < -0.3 is 0 Å². The molecule has 4 heteroatoms. The molecule has 8 rings (SSSR count). The van der Waals surface area contributed by atoms with E-state index in [1.165, 1.54) is 64.1 Å². The van der Waals surface area contributed by atoms with E-state index >= 15 is 0 Å². The van der Waals surface area contributed by atoms with Crippen LogP contribution < -0.4 is 0 Å². The molecule has 0 amide bonds. The Labute approximate surface area is 323 Å². The molecule has 4 heterocycles. The summed E-state index contributed by atoms with van der Waals surface area (Å²) in [6.07, 6.45) is 9.19. The second-order valence-electron chi connectivity index (χ2n) is 11.8. The van der Waals surface area contributed by atoms with Crippen LogP contribution in [0.15, 0.2) is 191 Å². The average molecular weight is 741 g/mol. The lowest BCUT2D eigenvalue weighted by molar-refractivity contribution is 1.60. The van der Waals surface area contributed by atoms with E-state index in [-0.39, 0.29) is 0 Å². The van der Waals surface area contributed by atoms with Gasteiger partial charge in [-0.05, 0) is 115 Å². The van der Waals surface area contributed by atoms with E-state index in [4.69, 9.17) is 0 Å². The van der Waals surface area contributed by atoms with Crippen LogP contribution in [0, 0.1) is 0 Å². The molecule has 0 unspecified atom stereocenters. The highest BCUT2D eigenvalue weighted by Crippen LogP contribution is 2.37. The summed E-state index contributed by atoms with van der Waals surface area (Å²) in [5.74, 6) is 0. The van der Waals surface area contributed by atoms with Crippen molar-refractivity contribution in [2.24, 2.45) is 0 Å². The maximum Gasteiger partial charge on any atom is 0.0276 e. The maximum absolute atomic E-state index is 2.30. The summed E-state index contributed by atoms with van der Waals surface area (Å²) >= 11 is 7.06. The van der Waals surface area contributed by atoms with Crippen molar-refractivity contribution in [2.45, 2.75) is 0 Å². The fraction of sp³-hybridized carbons (Fsp3) is 0. The number of benzene rings is 4. The van der Waals surface area contributed by atoms with Crippen molar-refractivity contribution in [2.75, 3.05) is 0 Å². The van der Waals surface area contributed by atoms with Crippen LogP contribution in [0.5, 0.6) is 0 Å². The van der Waals surface area contributed by atoms with Crippen molar-refractivity contribution in [1.29, 1.82) is 0 Å². The fourth-order valence-corrected chi connectivity index (χ4v) is 8.43. The molecule has 0 saturated heterocycles. The van der Waals surface area contributed by atoms with Crippen LogP contribution in [0.4, 0.5) is 0 Å². The van der Waals surface area contributed by atoms with E-state index in [9.17, 15) is 0 Å². The Balaban J connectivity index is 0.000000162. The molecule has 0 fully saturated rings. The summed E-state index contributed by atoms with van der Waals surface area (Å²) in [6, 6.07) is 59.6. The van der Waals surface area contributed by atoms with Crippen molar-refractivity contribution < 1.29 is 0 Å². The molecule has 0 atom stereocenters. The lowest BCUT2D eigenvalue weighted by atomic mass is 9.91. The van der Waals surface area contributed by atoms with Crippen molar-refractivity contribution in [3.8, 4) is 0 Å². The van der Waals surface area contributed by atoms with Gasteiger partial charge in [0.2, 0.25) is 0 Å². The third-order valence-electron chi connectivity index (χ3n) is 8.24. The predicted molar refractivity (Wildman–Crippen MR) is 235 cm³/mol. The van der Waals surface area contributed by atoms with E-state index < -0.39 is 0 Å². The largest absolute Gasteiger partial charge is 0.144 e. The molecule has 4 aromatic heterocycles. The zero-order valence-electron chi connectivity index (χ0n) is 28.4. The van der Waals surface area contributed by atoms with Gasteiger partial charge in [-0.15, -0.1) is 45.3 Å². The minimum absolute atomic E-state index is 1.23. The number of hydrogen-bond acceptors (Lipinski definition) is 4. The van der Waals surface area contributed by atoms with Crippen molar-refractivity contribution in [1.82, 2.24) is 0 Å². The Morgan fingerprint density at radius 2 is 0.462 bits per heavy atom. The van der Waals surface area contributed by atoms with Gasteiger partial charge in [-0.1, -0.05) is 146 Å². The molecular weight excluding hydrogens is 705 g/mol. The molecule has 8 aromatic rings. The second kappa shape index (κ2) is 18.2. The first kappa shape index (κ1) is 35.1. The van der Waals surface area contributed by atoms with E-state index in [1.54, 1.807) is 45.3 Å². The molecule has 0 aliphatic heterocycles. The number of hydrogen-bond donors (Lipinski definition) is 0. The van der Waals surface area contributed by atoms with Crippen LogP contribution in [0.25, 0.3) is 46.6 Å². The minimum Gasteiger partial charge on any atom is -0.144 e. The number of thiophene rings is 4. The second-order valence-corrected chi connectivity index (χ2v) is 15.7. The maximum atomic E-state index is 2.30. The van der Waals surface area contributed by atoms with Gasteiger partial charge in [-0.3, -0.25) is 0 Å². The zero-order valence-corrected chi connectivity index (χ0v) is 31.7. The molecule has 0 aliphatic rings. The van der Waals surface area contributed by atoms with Gasteiger partial charge in [0.25, 0.3) is 0 Å². The van der Waals surface area contributed by atoms with Gasteiger partial charge in [-0.2, -0.15) is 0 Å². The first-order valence-electron chi connectivity index (χ1n) is 17.0. The molecule has 252 valence electrons. The summed E-state index contributed by atoms with van der Waals surface area (Å²) in [6.45, 7) is 0. The summed E-state index contributed by atoms with van der Waals surface area (Å²) < 4.78 is 0. The van der Waals surface area contributed by atoms with Crippen LogP contribution in [0.3, 0.4) is 0 Å². The van der Waals surface area contributed by atoms with Crippen LogP contribution in [0.2, 0.25) is 0 Å². The summed E-state index contributed by atoms with van der Waals surface area (Å²) in [7, 11) is 0. The highest BCUT2D eigenvalue weighted by Gasteiger charge is 2.13. The fourth-order valence-electron chi connectivity index (χ4n) is 5.80. The Morgan fingerprint density at radius 3 is 0.635 bits per heavy atom. The predicted octanol–water partition coefficient (Wildman–Crippen LogP) is 15.2. The SMILES string of the molecule is C(=C(\C(=C\c1cccs1)c1ccccc1)c1ccccc1)/c1cccs1.C(=C(\C(=C\c1cccs1)c1ccccc1)c1ccccc1)/c1cccs1. The van der Waals surface area contributed by atoms with Gasteiger partial charge in [-0.25, -0.2) is 0 Å². The molecule has 0 saturated carbocycles. The van der Waals surface area contributed by atoms with Gasteiger partial charge >= 0.3 is 0 Å². The normalized spacial score (nSPS) is 12.3. The lowest BCUT2D eigenvalue weighted by Gasteiger charge is -2.14. The standard InChI is InChI=1S/2C24H18S2/c2*1-3-9-19(10-4-1)23(17-21-13-7-15-25-21)24(18-22-14-8-16-26-22)20-11-5-2-6-12-20/h2*1-18H/b2*23-17+,24-18+. The Kier molecular flexibility index (Phi) is 12.3. The van der Waals surface area contributed by atoms with Crippen LogP contribution in [0.1, 0.15) is 41.8 Å². The summed E-state index contributed by atoms with van der Waals surface area (Å²) in [4.78, 5) is 5.04. The zero-order chi connectivity index (χ0) is 35.2. The van der Waals surface area contributed by atoms with Crippen molar-refractivity contribution in [3.05, 3.63) is 233 Å². The van der Waals surface area contributed by atoms with Crippen molar-refractivity contribution in [3.63, 3.8) is 0 Å². The van der Waals surface area contributed by atoms with Crippen LogP contribution in [-0.4, -0.2) is 0 Å². The van der Waals surface area contributed by atoms with E-state index in [1.807, 2.05) is 0 Å². The van der Waals surface area contributed by atoms with E-state index in [0.29, 0.717) is 0 Å². The topological polar surface area (TPSA) is 0 Å². The van der Waals surface area contributed by atoms with Gasteiger partial charge in [0.15, 0.2) is 0 Å². The Morgan fingerprint density at radius 1 is 0.250 bits per heavy atom. The van der Waals surface area contributed by atoms with Gasteiger partial charge in [0.1, 0.15) is 0 Å². The number of allylic oxidation sites excluding steroid dienone is 4. The summed E-state index contributed by atoms with van der Waals surface area (Å²) in [5.41, 5.74) is 9.89. The average Bonchev–Trinajstić information content (AvgIpc) is 4.07. The number of rotatable bonds is 10. The van der Waals surface area contributed by atoms with Gasteiger partial charge in [0, 0.05) is 19.5 Å². The van der Waals surface area contributed by atoms with Crippen molar-refractivity contribution >= 4 is 91.9 Å². The summed E-state index contributed by atoms with van der Waals surface area (Å²) in [5, 5.41) is 8.50. The molecule has 0 bridgehead atoms. The quantitative estimate of drug-likeness (QED) is 0.123. The molecule has 0 N–H and O–H groups in total. The minimum atomic E-state index is 1.23. The van der Waals surface area contributed by atoms with E-state index in [2.05, 4.69) is 216 Å². The Bertz CT molecular complexity index is 1980. The highest BCUT2D eigenvalue weighted by atomic mass is 32.1. The van der Waals surface area contributed by atoms with E-state index in [0.717, 1.165) is 0 Å². The third-order valence-corrected chi connectivity index (χ3v) is 11.5. The lowest BCUT2D eigenvalue weighted by Crippen LogP contribution is -1.91. The first-order valence-corrected chi connectivity index (χ1v) is 20.6. The molecule has 0 radical (unpaired) electrons. The molecule has 0 nitrogen and oxygen atoms in total.